The Balaban J connectivity index is 1.52. The van der Waals surface area contributed by atoms with E-state index in [0.717, 1.165) is 53.3 Å². The van der Waals surface area contributed by atoms with Gasteiger partial charge in [-0.15, -0.1) is 0 Å². The van der Waals surface area contributed by atoms with Crippen LogP contribution >= 0.6 is 0 Å². The molecule has 0 amide bonds. The van der Waals surface area contributed by atoms with Crippen LogP contribution < -0.4 is 0 Å². The van der Waals surface area contributed by atoms with Crippen LogP contribution in [0, 0.1) is 53.3 Å². The predicted molar refractivity (Wildman–Crippen MR) is 118 cm³/mol. The highest BCUT2D eigenvalue weighted by Crippen LogP contribution is 2.69. The Hall–Kier alpha value is -1.56. The van der Waals surface area contributed by atoms with E-state index in [9.17, 15) is 0 Å². The fourth-order valence-electron chi connectivity index (χ4n) is 7.50. The van der Waals surface area contributed by atoms with Crippen molar-refractivity contribution in [1.82, 2.24) is 0 Å². The van der Waals surface area contributed by atoms with Gasteiger partial charge in [-0.2, -0.15) is 0 Å². The van der Waals surface area contributed by atoms with Crippen molar-refractivity contribution in [3.8, 4) is 0 Å². The lowest BCUT2D eigenvalue weighted by atomic mass is 9.76. The van der Waals surface area contributed by atoms with Gasteiger partial charge >= 0.3 is 0 Å². The van der Waals surface area contributed by atoms with Crippen molar-refractivity contribution >= 4 is 0 Å². The summed E-state index contributed by atoms with van der Waals surface area (Å²) in [7, 11) is 0. The average Bonchev–Trinajstić information content (AvgIpc) is 3.60. The van der Waals surface area contributed by atoms with Crippen molar-refractivity contribution in [2.45, 2.75) is 48.5 Å². The summed E-state index contributed by atoms with van der Waals surface area (Å²) in [6, 6.07) is 0. The molecule has 6 rings (SSSR count). The Morgan fingerprint density at radius 1 is 0.500 bits per heavy atom. The minimum Gasteiger partial charge on any atom is -0.0802 e. The molecule has 6 aliphatic rings. The van der Waals surface area contributed by atoms with Crippen molar-refractivity contribution in [3.63, 3.8) is 0 Å². The van der Waals surface area contributed by atoms with Crippen molar-refractivity contribution in [2.75, 3.05) is 0 Å². The van der Waals surface area contributed by atoms with E-state index in [1.165, 1.54) is 0 Å². The summed E-state index contributed by atoms with van der Waals surface area (Å²) < 4.78 is 0. The topological polar surface area (TPSA) is 0 Å². The van der Waals surface area contributed by atoms with Gasteiger partial charge in [-0.3, -0.25) is 0 Å². The third-order valence-corrected chi connectivity index (χ3v) is 9.54. The fraction of sp³-hybridized carbons (Fsp3) is 0.571. The fourth-order valence-corrected chi connectivity index (χ4v) is 7.50. The van der Waals surface area contributed by atoms with Gasteiger partial charge in [0, 0.05) is 0 Å². The van der Waals surface area contributed by atoms with Crippen molar-refractivity contribution in [1.29, 1.82) is 0 Å². The lowest BCUT2D eigenvalue weighted by Crippen LogP contribution is -2.14. The second-order valence-corrected chi connectivity index (χ2v) is 10.8. The van der Waals surface area contributed by atoms with Gasteiger partial charge in [-0.05, 0) is 126 Å². The van der Waals surface area contributed by atoms with Gasteiger partial charge in [0.1, 0.15) is 0 Å². The Labute approximate surface area is 170 Å². The molecule has 3 saturated carbocycles. The molecule has 146 valence electrons. The highest BCUT2D eigenvalue weighted by Gasteiger charge is 2.61. The molecule has 0 nitrogen and oxygen atoms in total. The average molecular weight is 371 g/mol. The Kier molecular flexibility index (Phi) is 3.29. The van der Waals surface area contributed by atoms with Gasteiger partial charge < -0.3 is 0 Å². The molecule has 0 heterocycles. The quantitative estimate of drug-likeness (QED) is 0.488. The first kappa shape index (κ1) is 17.3. The molecule has 28 heavy (non-hydrogen) atoms. The molecule has 0 aromatic carbocycles. The molecule has 6 aliphatic carbocycles. The SMILES string of the molecule is CC1=C(C2=C(C)C(C)=C(C3=C(C)C=CC4C(C)C34)C3C(C)C23)C2C(C)C2C=C1. The zero-order valence-corrected chi connectivity index (χ0v) is 18.5. The molecular formula is C28H34. The summed E-state index contributed by atoms with van der Waals surface area (Å²) in [5.74, 6) is 7.21. The standard InChI is InChI=1S/C28H34/c1-12-8-10-19-16(5)23(19)21(12)25-14(3)15(4)26(28-18(7)27(25)28)22-13(2)9-11-20-17(6)24(20)22/h8-11,16-20,23-24,27-28H,1-7H3. The smallest absolute Gasteiger partial charge is 0.00527 e. The summed E-state index contributed by atoms with van der Waals surface area (Å²) in [5, 5.41) is 0. The van der Waals surface area contributed by atoms with Crippen LogP contribution in [0.3, 0.4) is 0 Å². The highest BCUT2D eigenvalue weighted by molar-refractivity contribution is 5.65. The van der Waals surface area contributed by atoms with Crippen LogP contribution in [-0.2, 0) is 0 Å². The lowest BCUT2D eigenvalue weighted by molar-refractivity contribution is 0.751. The van der Waals surface area contributed by atoms with E-state index in [1.807, 2.05) is 0 Å². The minimum atomic E-state index is 0.766. The molecule has 3 fully saturated rings. The van der Waals surface area contributed by atoms with E-state index in [0.29, 0.717) is 0 Å². The largest absolute Gasteiger partial charge is 0.0802 e. The molecule has 0 radical (unpaired) electrons. The highest BCUT2D eigenvalue weighted by atomic mass is 14.6. The maximum Gasteiger partial charge on any atom is -0.00527 e. The molecule has 0 heteroatoms. The molecule has 0 N–H and O–H groups in total. The second-order valence-electron chi connectivity index (χ2n) is 10.8. The van der Waals surface area contributed by atoms with Crippen LogP contribution in [0.25, 0.3) is 0 Å². The summed E-state index contributed by atoms with van der Waals surface area (Å²) in [4.78, 5) is 0. The second kappa shape index (κ2) is 5.32. The van der Waals surface area contributed by atoms with Crippen LogP contribution in [0.15, 0.2) is 68.9 Å². The van der Waals surface area contributed by atoms with Crippen LogP contribution in [0.2, 0.25) is 0 Å². The van der Waals surface area contributed by atoms with Gasteiger partial charge in [0.15, 0.2) is 0 Å². The zero-order valence-electron chi connectivity index (χ0n) is 18.5. The normalized spacial score (nSPS) is 48.0. The van der Waals surface area contributed by atoms with Crippen LogP contribution in [0.5, 0.6) is 0 Å². The predicted octanol–water partition coefficient (Wildman–Crippen LogP) is 7.05. The molecule has 0 aromatic rings. The van der Waals surface area contributed by atoms with Crippen molar-refractivity contribution in [2.24, 2.45) is 53.3 Å². The summed E-state index contributed by atoms with van der Waals surface area (Å²) >= 11 is 0. The number of fused-ring (bicyclic) bond motifs is 3. The number of allylic oxidation sites excluding steroid dienone is 12. The molecule has 0 spiro atoms. The van der Waals surface area contributed by atoms with Gasteiger partial charge in [0.25, 0.3) is 0 Å². The number of rotatable bonds is 2. The van der Waals surface area contributed by atoms with Gasteiger partial charge in [0.05, 0.1) is 0 Å². The van der Waals surface area contributed by atoms with E-state index >= 15 is 0 Å². The summed E-state index contributed by atoms with van der Waals surface area (Å²) in [5.41, 5.74) is 13.3. The third-order valence-electron chi connectivity index (χ3n) is 9.54. The molecular weight excluding hydrogens is 336 g/mol. The Bertz CT molecular complexity index is 907. The Morgan fingerprint density at radius 2 is 0.893 bits per heavy atom. The maximum atomic E-state index is 2.52. The van der Waals surface area contributed by atoms with E-state index < -0.39 is 0 Å². The maximum absolute atomic E-state index is 2.52. The monoisotopic (exact) mass is 370 g/mol. The molecule has 0 saturated heterocycles. The molecule has 8 atom stereocenters. The van der Waals surface area contributed by atoms with Gasteiger partial charge in [-0.25, -0.2) is 0 Å². The lowest BCUT2D eigenvalue weighted by Gasteiger charge is -2.29. The first-order chi connectivity index (χ1) is 13.3. The van der Waals surface area contributed by atoms with Gasteiger partial charge in [-0.1, -0.05) is 45.1 Å². The third kappa shape index (κ3) is 1.98. The van der Waals surface area contributed by atoms with Crippen LogP contribution in [0.4, 0.5) is 0 Å². The Morgan fingerprint density at radius 3 is 1.29 bits per heavy atom. The number of hydrogen-bond acceptors (Lipinski definition) is 0. The molecule has 0 aliphatic heterocycles. The van der Waals surface area contributed by atoms with E-state index in [4.69, 9.17) is 0 Å². The van der Waals surface area contributed by atoms with Gasteiger partial charge in [0.2, 0.25) is 0 Å². The van der Waals surface area contributed by atoms with Crippen LogP contribution in [-0.4, -0.2) is 0 Å². The van der Waals surface area contributed by atoms with Crippen molar-refractivity contribution in [3.05, 3.63) is 68.9 Å². The first-order valence-electron chi connectivity index (χ1n) is 11.5. The van der Waals surface area contributed by atoms with E-state index in [1.54, 1.807) is 44.6 Å². The number of hydrogen-bond donors (Lipinski definition) is 0. The van der Waals surface area contributed by atoms with E-state index in [2.05, 4.69) is 72.8 Å². The zero-order chi connectivity index (χ0) is 19.6. The van der Waals surface area contributed by atoms with Crippen molar-refractivity contribution < 1.29 is 0 Å². The van der Waals surface area contributed by atoms with Crippen LogP contribution in [0.1, 0.15) is 48.5 Å². The molecule has 0 bridgehead atoms. The van der Waals surface area contributed by atoms with E-state index in [-0.39, 0.29) is 0 Å². The summed E-state index contributed by atoms with van der Waals surface area (Å²) in [6.07, 6.45) is 9.80. The minimum absolute atomic E-state index is 0.766. The first-order valence-corrected chi connectivity index (χ1v) is 11.5. The summed E-state index contributed by atoms with van der Waals surface area (Å²) in [6.45, 7) is 17.0. The molecule has 8 unspecified atom stereocenters. The molecule has 0 aromatic heterocycles.